The summed E-state index contributed by atoms with van der Waals surface area (Å²) in [6.07, 6.45) is 0. The van der Waals surface area contributed by atoms with Gasteiger partial charge in [-0.15, -0.1) is 0 Å². The summed E-state index contributed by atoms with van der Waals surface area (Å²) in [4.78, 5) is 0. The molecule has 2 unspecified atom stereocenters. The molecule has 1 aliphatic rings. The number of hydrogen-bond donors (Lipinski definition) is 2. The van der Waals surface area contributed by atoms with E-state index < -0.39 is 0 Å². The Morgan fingerprint density at radius 1 is 1.14 bits per heavy atom. The van der Waals surface area contributed by atoms with Crippen LogP contribution in [-0.4, -0.2) is 19.1 Å². The molecular formula is C18H21FN2. The smallest absolute Gasteiger partial charge is 0.123 e. The van der Waals surface area contributed by atoms with Crippen molar-refractivity contribution in [3.05, 3.63) is 71.0 Å². The molecule has 1 saturated heterocycles. The van der Waals surface area contributed by atoms with Crippen LogP contribution in [0.2, 0.25) is 0 Å². The highest BCUT2D eigenvalue weighted by molar-refractivity contribution is 5.32. The second-order valence-electron chi connectivity index (χ2n) is 5.74. The predicted octanol–water partition coefficient (Wildman–Crippen LogP) is 2.98. The molecule has 0 amide bonds. The van der Waals surface area contributed by atoms with Gasteiger partial charge in [0.05, 0.1) is 0 Å². The molecule has 2 aromatic rings. The van der Waals surface area contributed by atoms with Gasteiger partial charge >= 0.3 is 0 Å². The summed E-state index contributed by atoms with van der Waals surface area (Å²) in [6, 6.07) is 15.9. The minimum atomic E-state index is -0.156. The number of benzene rings is 2. The van der Waals surface area contributed by atoms with E-state index in [-0.39, 0.29) is 5.82 Å². The monoisotopic (exact) mass is 284 g/mol. The zero-order valence-electron chi connectivity index (χ0n) is 12.3. The highest BCUT2D eigenvalue weighted by atomic mass is 19.1. The Balaban J connectivity index is 1.70. The van der Waals surface area contributed by atoms with Crippen LogP contribution in [0.5, 0.6) is 0 Å². The van der Waals surface area contributed by atoms with Crippen molar-refractivity contribution in [1.82, 2.24) is 10.6 Å². The molecule has 0 bridgehead atoms. The van der Waals surface area contributed by atoms with E-state index in [0.29, 0.717) is 12.0 Å². The Morgan fingerprint density at radius 3 is 2.71 bits per heavy atom. The fraction of sp³-hybridized carbons (Fsp3) is 0.333. The van der Waals surface area contributed by atoms with E-state index in [1.807, 2.05) is 19.1 Å². The van der Waals surface area contributed by atoms with Gasteiger partial charge in [0.2, 0.25) is 0 Å². The van der Waals surface area contributed by atoms with Crippen LogP contribution in [0.15, 0.2) is 48.5 Å². The lowest BCUT2D eigenvalue weighted by atomic mass is 9.90. The summed E-state index contributed by atoms with van der Waals surface area (Å²) in [6.45, 7) is 4.75. The van der Waals surface area contributed by atoms with Gasteiger partial charge in [-0.2, -0.15) is 0 Å². The Hall–Kier alpha value is -1.71. The third kappa shape index (κ3) is 3.31. The minimum absolute atomic E-state index is 0.156. The standard InChI is InChI=1S/C18H21FN2/c1-13-9-15(19)7-8-16(13)17-11-20-12-18(17)21-10-14-5-3-2-4-6-14/h2-9,17-18,20-21H,10-12H2,1H3. The van der Waals surface area contributed by atoms with Crippen molar-refractivity contribution in [3.8, 4) is 0 Å². The molecule has 0 spiro atoms. The molecule has 3 heteroatoms. The number of hydrogen-bond acceptors (Lipinski definition) is 2. The summed E-state index contributed by atoms with van der Waals surface area (Å²) >= 11 is 0. The third-order valence-electron chi connectivity index (χ3n) is 4.26. The van der Waals surface area contributed by atoms with E-state index in [1.165, 1.54) is 11.1 Å². The summed E-state index contributed by atoms with van der Waals surface area (Å²) in [5.41, 5.74) is 3.57. The van der Waals surface area contributed by atoms with Gasteiger partial charge in [-0.1, -0.05) is 36.4 Å². The summed E-state index contributed by atoms with van der Waals surface area (Å²) in [5.74, 6) is 0.241. The van der Waals surface area contributed by atoms with Gasteiger partial charge in [-0.3, -0.25) is 0 Å². The van der Waals surface area contributed by atoms with Crippen LogP contribution in [0.3, 0.4) is 0 Å². The first-order valence-electron chi connectivity index (χ1n) is 7.48. The number of halogens is 1. The van der Waals surface area contributed by atoms with Gasteiger partial charge < -0.3 is 10.6 Å². The quantitative estimate of drug-likeness (QED) is 0.902. The Kier molecular flexibility index (Phi) is 4.32. The molecule has 2 atom stereocenters. The largest absolute Gasteiger partial charge is 0.314 e. The molecule has 1 aliphatic heterocycles. The van der Waals surface area contributed by atoms with Crippen molar-refractivity contribution in [2.24, 2.45) is 0 Å². The second-order valence-corrected chi connectivity index (χ2v) is 5.74. The van der Waals surface area contributed by atoms with E-state index in [9.17, 15) is 4.39 Å². The highest BCUT2D eigenvalue weighted by Gasteiger charge is 2.28. The van der Waals surface area contributed by atoms with Gasteiger partial charge in [0.25, 0.3) is 0 Å². The van der Waals surface area contributed by atoms with Crippen molar-refractivity contribution in [1.29, 1.82) is 0 Å². The third-order valence-corrected chi connectivity index (χ3v) is 4.26. The van der Waals surface area contributed by atoms with E-state index in [0.717, 1.165) is 25.2 Å². The lowest BCUT2D eigenvalue weighted by Gasteiger charge is -2.22. The van der Waals surface area contributed by atoms with Crippen molar-refractivity contribution in [2.75, 3.05) is 13.1 Å². The van der Waals surface area contributed by atoms with Crippen LogP contribution in [0.4, 0.5) is 4.39 Å². The van der Waals surface area contributed by atoms with Gasteiger partial charge in [0.15, 0.2) is 0 Å². The van der Waals surface area contributed by atoms with E-state index in [2.05, 4.69) is 34.9 Å². The average molecular weight is 284 g/mol. The molecule has 2 N–H and O–H groups in total. The molecule has 110 valence electrons. The van der Waals surface area contributed by atoms with Crippen molar-refractivity contribution in [3.63, 3.8) is 0 Å². The number of nitrogens with one attached hydrogen (secondary N) is 2. The SMILES string of the molecule is Cc1cc(F)ccc1C1CNCC1NCc1ccccc1. The van der Waals surface area contributed by atoms with Gasteiger partial charge in [-0.05, 0) is 35.7 Å². The molecule has 0 aliphatic carbocycles. The lowest BCUT2D eigenvalue weighted by molar-refractivity contribution is 0.501. The maximum atomic E-state index is 13.3. The first-order chi connectivity index (χ1) is 10.2. The Labute approximate surface area is 125 Å². The molecule has 1 heterocycles. The van der Waals surface area contributed by atoms with Crippen LogP contribution in [0.1, 0.15) is 22.6 Å². The van der Waals surface area contributed by atoms with Crippen LogP contribution in [0, 0.1) is 12.7 Å². The fourth-order valence-electron chi connectivity index (χ4n) is 3.12. The van der Waals surface area contributed by atoms with Gasteiger partial charge in [0, 0.05) is 31.6 Å². The molecule has 0 aromatic heterocycles. The Morgan fingerprint density at radius 2 is 1.95 bits per heavy atom. The van der Waals surface area contributed by atoms with E-state index in [1.54, 1.807) is 12.1 Å². The predicted molar refractivity (Wildman–Crippen MR) is 83.8 cm³/mol. The van der Waals surface area contributed by atoms with Crippen LogP contribution in [-0.2, 0) is 6.54 Å². The summed E-state index contributed by atoms with van der Waals surface area (Å²) in [7, 11) is 0. The molecular weight excluding hydrogens is 263 g/mol. The lowest BCUT2D eigenvalue weighted by Crippen LogP contribution is -2.34. The molecule has 0 radical (unpaired) electrons. The summed E-state index contributed by atoms with van der Waals surface area (Å²) in [5, 5.41) is 7.07. The summed E-state index contributed by atoms with van der Waals surface area (Å²) < 4.78 is 13.3. The maximum absolute atomic E-state index is 13.3. The second kappa shape index (κ2) is 6.37. The highest BCUT2D eigenvalue weighted by Crippen LogP contribution is 2.26. The van der Waals surface area contributed by atoms with Crippen LogP contribution < -0.4 is 10.6 Å². The van der Waals surface area contributed by atoms with Gasteiger partial charge in [-0.25, -0.2) is 4.39 Å². The number of rotatable bonds is 4. The molecule has 0 saturated carbocycles. The normalized spacial score (nSPS) is 21.6. The molecule has 1 fully saturated rings. The van der Waals surface area contributed by atoms with Crippen molar-refractivity contribution < 1.29 is 4.39 Å². The maximum Gasteiger partial charge on any atom is 0.123 e. The fourth-order valence-corrected chi connectivity index (χ4v) is 3.12. The average Bonchev–Trinajstić information content (AvgIpc) is 2.94. The molecule has 2 nitrogen and oxygen atoms in total. The first kappa shape index (κ1) is 14.2. The van der Waals surface area contributed by atoms with Crippen LogP contribution in [0.25, 0.3) is 0 Å². The molecule has 2 aromatic carbocycles. The number of aryl methyl sites for hydroxylation is 1. The van der Waals surface area contributed by atoms with Gasteiger partial charge in [0.1, 0.15) is 5.82 Å². The first-order valence-corrected chi connectivity index (χ1v) is 7.48. The van der Waals surface area contributed by atoms with Crippen molar-refractivity contribution in [2.45, 2.75) is 25.4 Å². The van der Waals surface area contributed by atoms with E-state index in [4.69, 9.17) is 0 Å². The minimum Gasteiger partial charge on any atom is -0.314 e. The Bertz CT molecular complexity index is 597. The molecule has 3 rings (SSSR count). The zero-order valence-corrected chi connectivity index (χ0v) is 12.3. The van der Waals surface area contributed by atoms with Crippen molar-refractivity contribution >= 4 is 0 Å². The molecule has 21 heavy (non-hydrogen) atoms. The van der Waals surface area contributed by atoms with E-state index >= 15 is 0 Å². The van der Waals surface area contributed by atoms with Crippen LogP contribution >= 0.6 is 0 Å². The zero-order chi connectivity index (χ0) is 14.7. The topological polar surface area (TPSA) is 24.1 Å².